The van der Waals surface area contributed by atoms with Gasteiger partial charge < -0.3 is 15.1 Å². The summed E-state index contributed by atoms with van der Waals surface area (Å²) in [7, 11) is 0. The molecule has 0 aliphatic rings. The first-order valence-corrected chi connectivity index (χ1v) is 10.8. The van der Waals surface area contributed by atoms with Gasteiger partial charge in [0.25, 0.3) is 0 Å². The molecule has 32 heavy (non-hydrogen) atoms. The van der Waals surface area contributed by atoms with Gasteiger partial charge in [-0.1, -0.05) is 29.1 Å². The van der Waals surface area contributed by atoms with Crippen LogP contribution in [0.2, 0.25) is 0 Å². The zero-order chi connectivity index (χ0) is 22.5. The second kappa shape index (κ2) is 9.77. The number of ether oxygens (including phenoxy) is 1. The average Bonchev–Trinajstić information content (AvgIpc) is 3.40. The lowest BCUT2D eigenvalue weighted by Crippen LogP contribution is -2.15. The van der Waals surface area contributed by atoms with E-state index in [0.29, 0.717) is 51.7 Å². The molecule has 0 amide bonds. The fraction of sp³-hybridized carbons (Fsp3) is 0.238. The molecule has 2 N–H and O–H groups in total. The predicted octanol–water partition coefficient (Wildman–Crippen LogP) is 3.93. The van der Waals surface area contributed by atoms with Crippen molar-refractivity contribution < 1.29 is 18.0 Å². The molecule has 0 radical (unpaired) electrons. The van der Waals surface area contributed by atoms with Gasteiger partial charge in [0.1, 0.15) is 24.0 Å². The number of benzene rings is 2. The number of rotatable bonds is 9. The van der Waals surface area contributed by atoms with Gasteiger partial charge in [0, 0.05) is 17.7 Å². The summed E-state index contributed by atoms with van der Waals surface area (Å²) in [5.41, 5.74) is 1.14. The Morgan fingerprint density at radius 1 is 1.12 bits per heavy atom. The number of nitrogen functional groups attached to an aromatic ring is 1. The second-order valence-electron chi connectivity index (χ2n) is 6.94. The zero-order valence-electron chi connectivity index (χ0n) is 17.2. The van der Waals surface area contributed by atoms with Crippen LogP contribution >= 0.6 is 11.8 Å². The van der Waals surface area contributed by atoms with Crippen molar-refractivity contribution in [3.63, 3.8) is 0 Å². The van der Waals surface area contributed by atoms with E-state index in [4.69, 9.17) is 15.1 Å². The molecule has 2 aromatic carbocycles. The van der Waals surface area contributed by atoms with Gasteiger partial charge in [-0.2, -0.15) is 4.98 Å². The van der Waals surface area contributed by atoms with E-state index in [-0.39, 0.29) is 18.2 Å². The van der Waals surface area contributed by atoms with Crippen LogP contribution in [0.15, 0.2) is 52.1 Å². The fourth-order valence-corrected chi connectivity index (χ4v) is 3.59. The molecule has 0 bridgehead atoms. The van der Waals surface area contributed by atoms with Gasteiger partial charge in [-0.15, -0.1) is 10.2 Å². The van der Waals surface area contributed by atoms with Crippen LogP contribution in [0.3, 0.4) is 0 Å². The van der Waals surface area contributed by atoms with Crippen molar-refractivity contribution in [2.45, 2.75) is 31.5 Å². The highest BCUT2D eigenvalue weighted by molar-refractivity contribution is 7.99. The maximum atomic E-state index is 13.7. The topological polar surface area (TPSA) is 105 Å². The number of aromatic nitrogens is 5. The standard InChI is InChI=1S/C21H20F2N6O2S/c1-13-4-5-14(11-17(13)23)20-25-19(31-28-20)3-2-10-32-21-27-26-18(29(21)24)12-30-16-8-6-15(22)7-9-16/h4-9,11H,2-3,10,12,24H2,1H3. The minimum atomic E-state index is -0.334. The lowest BCUT2D eigenvalue weighted by Gasteiger charge is -2.06. The summed E-state index contributed by atoms with van der Waals surface area (Å²) in [6.07, 6.45) is 1.30. The zero-order valence-corrected chi connectivity index (χ0v) is 18.0. The quantitative estimate of drug-likeness (QED) is 0.229. The van der Waals surface area contributed by atoms with E-state index in [1.165, 1.54) is 46.8 Å². The van der Waals surface area contributed by atoms with Gasteiger partial charge >= 0.3 is 0 Å². The molecule has 0 saturated carbocycles. The number of hydrogen-bond donors (Lipinski definition) is 1. The third-order valence-electron chi connectivity index (χ3n) is 4.58. The molecule has 4 rings (SSSR count). The molecule has 0 spiro atoms. The van der Waals surface area contributed by atoms with Gasteiger partial charge in [0.05, 0.1) is 0 Å². The van der Waals surface area contributed by atoms with Gasteiger partial charge in [-0.25, -0.2) is 13.5 Å². The minimum absolute atomic E-state index is 0.111. The molecule has 0 aliphatic carbocycles. The van der Waals surface area contributed by atoms with Crippen molar-refractivity contribution in [3.05, 3.63) is 71.4 Å². The number of thioether (sulfide) groups is 1. The maximum Gasteiger partial charge on any atom is 0.226 e. The highest BCUT2D eigenvalue weighted by Gasteiger charge is 2.13. The average molecular weight is 458 g/mol. The largest absolute Gasteiger partial charge is 0.486 e. The molecule has 11 heteroatoms. The van der Waals surface area contributed by atoms with Crippen LogP contribution < -0.4 is 10.6 Å². The van der Waals surface area contributed by atoms with Crippen molar-refractivity contribution in [1.82, 2.24) is 25.0 Å². The molecular formula is C21H20F2N6O2S. The Morgan fingerprint density at radius 3 is 2.72 bits per heavy atom. The summed E-state index contributed by atoms with van der Waals surface area (Å²) >= 11 is 1.44. The maximum absolute atomic E-state index is 13.7. The highest BCUT2D eigenvalue weighted by Crippen LogP contribution is 2.21. The number of nitrogens with zero attached hydrogens (tertiary/aromatic N) is 5. The van der Waals surface area contributed by atoms with Crippen molar-refractivity contribution in [3.8, 4) is 17.1 Å². The summed E-state index contributed by atoms with van der Waals surface area (Å²) < 4.78 is 38.9. The first-order valence-electron chi connectivity index (χ1n) is 9.79. The lowest BCUT2D eigenvalue weighted by molar-refractivity contribution is 0.291. The van der Waals surface area contributed by atoms with Crippen molar-refractivity contribution in [2.24, 2.45) is 0 Å². The highest BCUT2D eigenvalue weighted by atomic mass is 32.2. The molecule has 4 aromatic rings. The number of halogens is 2. The van der Waals surface area contributed by atoms with Gasteiger partial charge in [-0.3, -0.25) is 0 Å². The molecule has 0 fully saturated rings. The van der Waals surface area contributed by atoms with E-state index in [1.807, 2.05) is 0 Å². The molecule has 0 unspecified atom stereocenters. The van der Waals surface area contributed by atoms with E-state index in [9.17, 15) is 8.78 Å². The number of aryl methyl sites for hydroxylation is 2. The summed E-state index contributed by atoms with van der Waals surface area (Å²) in [6, 6.07) is 10.5. The molecule has 0 aliphatic heterocycles. The van der Waals surface area contributed by atoms with Gasteiger partial charge in [0.15, 0.2) is 5.82 Å². The van der Waals surface area contributed by atoms with E-state index in [0.717, 1.165) is 6.42 Å². The van der Waals surface area contributed by atoms with Gasteiger partial charge in [0.2, 0.25) is 16.9 Å². The minimum Gasteiger partial charge on any atom is -0.486 e. The Morgan fingerprint density at radius 2 is 1.94 bits per heavy atom. The Labute approximate surface area is 186 Å². The molecule has 0 saturated heterocycles. The summed E-state index contributed by atoms with van der Waals surface area (Å²) in [5, 5.41) is 12.6. The van der Waals surface area contributed by atoms with E-state index >= 15 is 0 Å². The molecule has 8 nitrogen and oxygen atoms in total. The Kier molecular flexibility index (Phi) is 6.64. The predicted molar refractivity (Wildman–Crippen MR) is 114 cm³/mol. The molecule has 166 valence electrons. The van der Waals surface area contributed by atoms with Crippen LogP contribution in [0.4, 0.5) is 8.78 Å². The molecular weight excluding hydrogens is 438 g/mol. The Bertz CT molecular complexity index is 1200. The monoisotopic (exact) mass is 458 g/mol. The van der Waals surface area contributed by atoms with E-state index in [1.54, 1.807) is 19.1 Å². The summed E-state index contributed by atoms with van der Waals surface area (Å²) in [5.74, 6) is 7.89. The van der Waals surface area contributed by atoms with Crippen molar-refractivity contribution >= 4 is 11.8 Å². The summed E-state index contributed by atoms with van der Waals surface area (Å²) in [6.45, 7) is 1.81. The van der Waals surface area contributed by atoms with Crippen LogP contribution in [0.25, 0.3) is 11.4 Å². The SMILES string of the molecule is Cc1ccc(-c2noc(CCCSc3nnc(COc4ccc(F)cc4)n3N)n2)cc1F. The van der Waals surface area contributed by atoms with Crippen LogP contribution in [0.1, 0.15) is 23.7 Å². The third-order valence-corrected chi connectivity index (χ3v) is 5.61. The van der Waals surface area contributed by atoms with Crippen LogP contribution in [0, 0.1) is 18.6 Å². The van der Waals surface area contributed by atoms with Crippen LogP contribution in [0.5, 0.6) is 5.75 Å². The first kappa shape index (κ1) is 21.8. The van der Waals surface area contributed by atoms with Crippen LogP contribution in [-0.4, -0.2) is 30.8 Å². The molecule has 0 atom stereocenters. The molecule has 2 aromatic heterocycles. The first-order chi connectivity index (χ1) is 15.5. The Balaban J connectivity index is 1.25. The van der Waals surface area contributed by atoms with E-state index in [2.05, 4.69) is 20.3 Å². The van der Waals surface area contributed by atoms with E-state index < -0.39 is 0 Å². The van der Waals surface area contributed by atoms with Crippen LogP contribution in [-0.2, 0) is 13.0 Å². The van der Waals surface area contributed by atoms with Crippen molar-refractivity contribution in [1.29, 1.82) is 0 Å². The Hall–Kier alpha value is -3.47. The normalized spacial score (nSPS) is 11.1. The third kappa shape index (κ3) is 5.22. The fourth-order valence-electron chi connectivity index (χ4n) is 2.78. The van der Waals surface area contributed by atoms with Crippen molar-refractivity contribution in [2.75, 3.05) is 11.6 Å². The number of nitrogens with two attached hydrogens (primary N) is 1. The second-order valence-corrected chi connectivity index (χ2v) is 8.00. The number of hydrogen-bond acceptors (Lipinski definition) is 8. The smallest absolute Gasteiger partial charge is 0.226 e. The molecule has 2 heterocycles. The lowest BCUT2D eigenvalue weighted by atomic mass is 10.1. The van der Waals surface area contributed by atoms with Gasteiger partial charge in [-0.05, 0) is 49.2 Å². The summed E-state index contributed by atoms with van der Waals surface area (Å²) in [4.78, 5) is 4.32.